The molecule has 0 spiro atoms. The first-order valence-corrected chi connectivity index (χ1v) is 6.20. The number of nitrogens with one attached hydrogen (secondary N) is 1. The van der Waals surface area contributed by atoms with Gasteiger partial charge in [0.15, 0.2) is 0 Å². The van der Waals surface area contributed by atoms with Crippen molar-refractivity contribution in [3.05, 3.63) is 48.5 Å². The van der Waals surface area contributed by atoms with Gasteiger partial charge in [0.2, 0.25) is 0 Å². The summed E-state index contributed by atoms with van der Waals surface area (Å²) in [6.45, 7) is 0. The molecule has 2 rings (SSSR count). The second kappa shape index (κ2) is 5.52. The van der Waals surface area contributed by atoms with Gasteiger partial charge in [0.25, 0.3) is 0 Å². The molecule has 0 aliphatic carbocycles. The van der Waals surface area contributed by atoms with Crippen LogP contribution in [0, 0.1) is 0 Å². The highest BCUT2D eigenvalue weighted by Gasteiger charge is 1.97. The fourth-order valence-corrected chi connectivity index (χ4v) is 1.69. The van der Waals surface area contributed by atoms with Gasteiger partial charge in [-0.25, -0.2) is 0 Å². The zero-order valence-electron chi connectivity index (χ0n) is 9.33. The van der Waals surface area contributed by atoms with Crippen molar-refractivity contribution in [2.24, 2.45) is 0 Å². The third-order valence-corrected chi connectivity index (χ3v) is 2.57. The molecule has 2 aromatic rings. The highest BCUT2D eigenvalue weighted by molar-refractivity contribution is 7.80. The number of nitrogen functional groups attached to an aromatic ring is 1. The van der Waals surface area contributed by atoms with Gasteiger partial charge in [0.1, 0.15) is 11.5 Å². The van der Waals surface area contributed by atoms with Crippen LogP contribution in [0.15, 0.2) is 48.5 Å². The number of benzene rings is 2. The van der Waals surface area contributed by atoms with E-state index in [0.29, 0.717) is 22.9 Å². The molecule has 0 heterocycles. The van der Waals surface area contributed by atoms with Crippen LogP contribution in [0.2, 0.25) is 0 Å². The summed E-state index contributed by atoms with van der Waals surface area (Å²) in [7, 11) is 0. The van der Waals surface area contributed by atoms with Crippen LogP contribution in [0.25, 0.3) is 0 Å². The van der Waals surface area contributed by atoms with Crippen molar-refractivity contribution in [3.8, 4) is 11.5 Å². The minimum absolute atomic E-state index is 0.480. The van der Waals surface area contributed by atoms with E-state index in [2.05, 4.69) is 4.72 Å². The van der Waals surface area contributed by atoms with Gasteiger partial charge in [-0.2, -0.15) is 0 Å². The number of ether oxygens (including phenoxy) is 1. The summed E-state index contributed by atoms with van der Waals surface area (Å²) < 4.78 is 28.6. The highest BCUT2D eigenvalue weighted by atomic mass is 32.2. The molecule has 0 amide bonds. The summed E-state index contributed by atoms with van der Waals surface area (Å²) in [5.74, 6) is 1.28. The maximum absolute atomic E-state index is 10.4. The van der Waals surface area contributed by atoms with Crippen LogP contribution in [-0.2, 0) is 11.3 Å². The molecule has 0 radical (unpaired) electrons. The quantitative estimate of drug-likeness (QED) is 0.654. The van der Waals surface area contributed by atoms with Crippen LogP contribution in [0.5, 0.6) is 11.5 Å². The van der Waals surface area contributed by atoms with E-state index in [1.165, 1.54) is 0 Å². The lowest BCUT2D eigenvalue weighted by Gasteiger charge is -2.10. The monoisotopic (exact) mass is 263 g/mol. The summed E-state index contributed by atoms with van der Waals surface area (Å²) in [6, 6.07) is 13.6. The predicted molar refractivity (Wildman–Crippen MR) is 69.9 cm³/mol. The summed E-state index contributed by atoms with van der Waals surface area (Å²) in [4.78, 5) is 0. The molecule has 0 aromatic heterocycles. The fourth-order valence-electron chi connectivity index (χ4n) is 1.36. The second-order valence-electron chi connectivity index (χ2n) is 3.53. The van der Waals surface area contributed by atoms with E-state index in [1.54, 1.807) is 48.5 Å². The van der Waals surface area contributed by atoms with Crippen LogP contribution < -0.4 is 15.2 Å². The Bertz CT molecular complexity index is 540. The molecule has 18 heavy (non-hydrogen) atoms. The first-order chi connectivity index (χ1) is 8.63. The van der Waals surface area contributed by atoms with E-state index in [0.717, 1.165) is 0 Å². The van der Waals surface area contributed by atoms with Crippen LogP contribution in [0.3, 0.4) is 0 Å². The molecule has 94 valence electrons. The number of anilines is 2. The zero-order valence-corrected chi connectivity index (χ0v) is 10.1. The average molecular weight is 263 g/mol. The average Bonchev–Trinajstić information content (AvgIpc) is 2.34. The first-order valence-electron chi connectivity index (χ1n) is 5.13. The van der Waals surface area contributed by atoms with Crippen LogP contribution >= 0.6 is 0 Å². The number of hydrogen-bond donors (Lipinski definition) is 2. The molecular weight excluding hydrogens is 252 g/mol. The van der Waals surface area contributed by atoms with E-state index < -0.39 is 11.3 Å². The summed E-state index contributed by atoms with van der Waals surface area (Å²) in [5, 5.41) is 0. The normalized spacial score (nSPS) is 11.8. The lowest BCUT2D eigenvalue weighted by molar-refractivity contribution is 0.483. The van der Waals surface area contributed by atoms with Crippen molar-refractivity contribution in [3.63, 3.8) is 0 Å². The molecule has 1 unspecified atom stereocenters. The van der Waals surface area contributed by atoms with E-state index in [1.807, 2.05) is 0 Å². The van der Waals surface area contributed by atoms with Gasteiger partial charge in [0, 0.05) is 22.6 Å². The van der Waals surface area contributed by atoms with Gasteiger partial charge in [-0.3, -0.25) is 4.21 Å². The van der Waals surface area contributed by atoms with E-state index >= 15 is 0 Å². The predicted octanol–water partition coefficient (Wildman–Crippen LogP) is 2.27. The van der Waals surface area contributed by atoms with Crippen LogP contribution in [0.4, 0.5) is 11.4 Å². The molecule has 0 saturated carbocycles. The standard InChI is InChI=1S/C12H12N2O3S/c13-9-1-5-11(6-2-9)17-12-7-3-10(4-8-12)14-18(15)16/h1-8,14H,13H2,(H,15,16)/p-1. The number of rotatable bonds is 4. The van der Waals surface area contributed by atoms with Gasteiger partial charge < -0.3 is 19.7 Å². The number of nitrogens with two attached hydrogens (primary N) is 1. The Balaban J connectivity index is 2.06. The maximum atomic E-state index is 10.4. The van der Waals surface area contributed by atoms with Crippen molar-refractivity contribution < 1.29 is 13.5 Å². The Morgan fingerprint density at radius 2 is 1.50 bits per heavy atom. The number of hydrogen-bond acceptors (Lipinski definition) is 4. The van der Waals surface area contributed by atoms with Crippen molar-refractivity contribution in [1.82, 2.24) is 0 Å². The summed E-state index contributed by atoms with van der Waals surface area (Å²) >= 11 is -2.32. The van der Waals surface area contributed by atoms with Gasteiger partial charge in [-0.05, 0) is 48.5 Å². The van der Waals surface area contributed by atoms with Crippen LogP contribution in [0.1, 0.15) is 0 Å². The first kappa shape index (κ1) is 12.4. The summed E-state index contributed by atoms with van der Waals surface area (Å²) in [6.07, 6.45) is 0. The van der Waals surface area contributed by atoms with Gasteiger partial charge in [-0.15, -0.1) is 0 Å². The minimum Gasteiger partial charge on any atom is -0.755 e. The summed E-state index contributed by atoms with van der Waals surface area (Å²) in [5.41, 5.74) is 6.71. The Morgan fingerprint density at radius 3 is 2.00 bits per heavy atom. The SMILES string of the molecule is Nc1ccc(Oc2ccc(NS(=O)[O-])cc2)cc1. The van der Waals surface area contributed by atoms with Crippen molar-refractivity contribution in [2.45, 2.75) is 0 Å². The molecule has 0 aliphatic heterocycles. The molecule has 0 aliphatic rings. The molecule has 0 bridgehead atoms. The maximum Gasteiger partial charge on any atom is 0.127 e. The Morgan fingerprint density at radius 1 is 1.00 bits per heavy atom. The van der Waals surface area contributed by atoms with Gasteiger partial charge >= 0.3 is 0 Å². The van der Waals surface area contributed by atoms with Crippen molar-refractivity contribution in [2.75, 3.05) is 10.5 Å². The fraction of sp³-hybridized carbons (Fsp3) is 0. The Labute approximate surface area is 107 Å². The molecule has 0 fully saturated rings. The molecule has 2 aromatic carbocycles. The Hall–Kier alpha value is -2.05. The Kier molecular flexibility index (Phi) is 3.81. The smallest absolute Gasteiger partial charge is 0.127 e. The lowest BCUT2D eigenvalue weighted by atomic mass is 10.3. The molecule has 5 nitrogen and oxygen atoms in total. The van der Waals surface area contributed by atoms with E-state index in [4.69, 9.17) is 10.5 Å². The zero-order chi connectivity index (χ0) is 13.0. The highest BCUT2D eigenvalue weighted by Crippen LogP contribution is 2.23. The topological polar surface area (TPSA) is 87.4 Å². The van der Waals surface area contributed by atoms with Crippen molar-refractivity contribution >= 4 is 22.6 Å². The molecule has 3 N–H and O–H groups in total. The minimum atomic E-state index is -2.32. The van der Waals surface area contributed by atoms with Crippen molar-refractivity contribution in [1.29, 1.82) is 0 Å². The molecule has 0 saturated heterocycles. The molecule has 1 atom stereocenters. The van der Waals surface area contributed by atoms with E-state index in [9.17, 15) is 8.76 Å². The third-order valence-electron chi connectivity index (χ3n) is 2.17. The van der Waals surface area contributed by atoms with Crippen LogP contribution in [-0.4, -0.2) is 8.76 Å². The lowest BCUT2D eigenvalue weighted by Crippen LogP contribution is -2.01. The molecule has 6 heteroatoms. The largest absolute Gasteiger partial charge is 0.755 e. The second-order valence-corrected chi connectivity index (χ2v) is 4.21. The van der Waals surface area contributed by atoms with Gasteiger partial charge in [-0.1, -0.05) is 0 Å². The van der Waals surface area contributed by atoms with E-state index in [-0.39, 0.29) is 0 Å². The van der Waals surface area contributed by atoms with Gasteiger partial charge in [0.05, 0.1) is 0 Å². The third kappa shape index (κ3) is 3.47. The molecular formula is C12H11N2O3S-.